The molecule has 0 bridgehead atoms. The van der Waals surface area contributed by atoms with E-state index in [4.69, 9.17) is 0 Å². The molecule has 0 aliphatic carbocycles. The summed E-state index contributed by atoms with van der Waals surface area (Å²) in [4.78, 5) is 0. The Kier molecular flexibility index (Phi) is 6.42. The van der Waals surface area contributed by atoms with Crippen LogP contribution in [0.5, 0.6) is 0 Å². The van der Waals surface area contributed by atoms with E-state index in [-0.39, 0.29) is 11.6 Å². The van der Waals surface area contributed by atoms with Gasteiger partial charge in [-0.3, -0.25) is 0 Å². The third kappa shape index (κ3) is 4.68. The number of aromatic nitrogens is 1. The molecule has 0 aliphatic heterocycles. The predicted molar refractivity (Wildman–Crippen MR) is 157 cm³/mol. The van der Waals surface area contributed by atoms with E-state index in [1.54, 1.807) is 0 Å². The lowest BCUT2D eigenvalue weighted by Crippen LogP contribution is -2.00. The normalized spacial score (nSPS) is 11.1. The summed E-state index contributed by atoms with van der Waals surface area (Å²) in [7, 11) is 0. The molecule has 5 aromatic carbocycles. The summed E-state index contributed by atoms with van der Waals surface area (Å²) < 4.78 is 30.6. The SMILES string of the molecule is Cc1ccc(-c2c(-c3ccc(F)cc3)c(-c3ccc(F)cc3)c(-c3ccc(C)cc3)n2-c2ccccc2)cc1. The fourth-order valence-electron chi connectivity index (χ4n) is 5.17. The lowest BCUT2D eigenvalue weighted by Gasteiger charge is -2.16. The first-order valence-corrected chi connectivity index (χ1v) is 13.0. The van der Waals surface area contributed by atoms with E-state index >= 15 is 0 Å². The first-order chi connectivity index (χ1) is 19.0. The molecule has 0 N–H and O–H groups in total. The Balaban J connectivity index is 1.84. The van der Waals surface area contributed by atoms with Gasteiger partial charge >= 0.3 is 0 Å². The number of nitrogens with zero attached hydrogens (tertiary/aromatic N) is 1. The maximum absolute atomic E-state index is 14.1. The molecule has 0 atom stereocenters. The van der Waals surface area contributed by atoms with Gasteiger partial charge in [0.1, 0.15) is 11.6 Å². The molecule has 0 unspecified atom stereocenters. The van der Waals surface area contributed by atoms with Crippen molar-refractivity contribution >= 4 is 0 Å². The molecule has 6 aromatic rings. The fourth-order valence-corrected chi connectivity index (χ4v) is 5.17. The van der Waals surface area contributed by atoms with Crippen LogP contribution in [0.4, 0.5) is 8.78 Å². The maximum Gasteiger partial charge on any atom is 0.123 e. The summed E-state index contributed by atoms with van der Waals surface area (Å²) in [6.45, 7) is 4.14. The fraction of sp³-hybridized carbons (Fsp3) is 0.0556. The summed E-state index contributed by atoms with van der Waals surface area (Å²) in [6.07, 6.45) is 0. The van der Waals surface area contributed by atoms with Crippen LogP contribution in [0.15, 0.2) is 127 Å². The molecule has 39 heavy (non-hydrogen) atoms. The Morgan fingerprint density at radius 2 is 0.769 bits per heavy atom. The average Bonchev–Trinajstić information content (AvgIpc) is 3.31. The molecule has 0 amide bonds. The molecule has 0 spiro atoms. The number of hydrogen-bond acceptors (Lipinski definition) is 0. The van der Waals surface area contributed by atoms with Crippen LogP contribution in [0.25, 0.3) is 50.5 Å². The number of hydrogen-bond donors (Lipinski definition) is 0. The molecule has 0 saturated heterocycles. The topological polar surface area (TPSA) is 4.93 Å². The highest BCUT2D eigenvalue weighted by Gasteiger charge is 2.28. The van der Waals surface area contributed by atoms with Gasteiger partial charge in [0.15, 0.2) is 0 Å². The van der Waals surface area contributed by atoms with Gasteiger partial charge in [-0.05, 0) is 72.5 Å². The Morgan fingerprint density at radius 1 is 0.410 bits per heavy atom. The van der Waals surface area contributed by atoms with Crippen molar-refractivity contribution in [3.63, 3.8) is 0 Å². The zero-order valence-electron chi connectivity index (χ0n) is 21.8. The monoisotopic (exact) mass is 511 g/mol. The van der Waals surface area contributed by atoms with Gasteiger partial charge in [0.2, 0.25) is 0 Å². The lowest BCUT2D eigenvalue weighted by atomic mass is 9.91. The molecule has 0 aliphatic rings. The quantitative estimate of drug-likeness (QED) is 0.217. The van der Waals surface area contributed by atoms with Crippen LogP contribution in [-0.4, -0.2) is 4.57 Å². The summed E-state index contributed by atoms with van der Waals surface area (Å²) in [6, 6.07) is 40.5. The zero-order valence-corrected chi connectivity index (χ0v) is 21.8. The minimum atomic E-state index is -0.291. The second-order valence-electron chi connectivity index (χ2n) is 9.86. The minimum absolute atomic E-state index is 0.291. The molecule has 0 fully saturated rings. The van der Waals surface area contributed by atoms with Crippen molar-refractivity contribution < 1.29 is 8.78 Å². The zero-order chi connectivity index (χ0) is 26.9. The Morgan fingerprint density at radius 3 is 1.15 bits per heavy atom. The summed E-state index contributed by atoms with van der Waals surface area (Å²) in [5.74, 6) is -0.583. The minimum Gasteiger partial charge on any atom is -0.308 e. The second-order valence-corrected chi connectivity index (χ2v) is 9.86. The Hall–Kier alpha value is -4.76. The maximum atomic E-state index is 14.1. The third-order valence-electron chi connectivity index (χ3n) is 7.10. The summed E-state index contributed by atoms with van der Waals surface area (Å²) in [5.41, 5.74) is 11.1. The molecule has 0 saturated carbocycles. The first-order valence-electron chi connectivity index (χ1n) is 13.0. The second kappa shape index (κ2) is 10.2. The Labute approximate surface area is 227 Å². The van der Waals surface area contributed by atoms with Gasteiger partial charge in [-0.25, -0.2) is 8.78 Å². The summed E-state index contributed by atoms with van der Waals surface area (Å²) in [5, 5.41) is 0. The average molecular weight is 512 g/mol. The van der Waals surface area contributed by atoms with Gasteiger partial charge in [-0.15, -0.1) is 0 Å². The van der Waals surface area contributed by atoms with E-state index in [1.165, 1.54) is 24.3 Å². The predicted octanol–water partition coefficient (Wildman–Crippen LogP) is 10.0. The molecular formula is C36H27F2N. The standard InChI is InChI=1S/C36H27F2N/c1-24-8-12-28(13-9-24)35-33(26-16-20-30(37)21-17-26)34(27-18-22-31(38)23-19-27)36(29-14-10-25(2)11-15-29)39(35)32-6-4-3-5-7-32/h3-23H,1-2H3. The van der Waals surface area contributed by atoms with Crippen molar-refractivity contribution in [3.05, 3.63) is 150 Å². The van der Waals surface area contributed by atoms with Crippen molar-refractivity contribution in [2.75, 3.05) is 0 Å². The molecule has 1 heterocycles. The van der Waals surface area contributed by atoms with Gasteiger partial charge in [0.25, 0.3) is 0 Å². The van der Waals surface area contributed by atoms with Gasteiger partial charge < -0.3 is 4.57 Å². The number of para-hydroxylation sites is 1. The van der Waals surface area contributed by atoms with E-state index in [0.29, 0.717) is 0 Å². The van der Waals surface area contributed by atoms with Crippen LogP contribution >= 0.6 is 0 Å². The molecule has 1 aromatic heterocycles. The van der Waals surface area contributed by atoms with E-state index in [2.05, 4.69) is 79.1 Å². The van der Waals surface area contributed by atoms with E-state index in [1.807, 2.05) is 42.5 Å². The molecule has 6 rings (SSSR count). The van der Waals surface area contributed by atoms with Crippen molar-refractivity contribution in [1.82, 2.24) is 4.57 Å². The highest BCUT2D eigenvalue weighted by molar-refractivity contribution is 6.03. The van der Waals surface area contributed by atoms with Gasteiger partial charge in [-0.1, -0.05) is 102 Å². The van der Waals surface area contributed by atoms with Crippen LogP contribution in [0.1, 0.15) is 11.1 Å². The van der Waals surface area contributed by atoms with E-state index in [0.717, 1.165) is 61.6 Å². The van der Waals surface area contributed by atoms with Crippen molar-refractivity contribution in [2.45, 2.75) is 13.8 Å². The third-order valence-corrected chi connectivity index (χ3v) is 7.10. The lowest BCUT2D eigenvalue weighted by molar-refractivity contribution is 0.627. The molecule has 0 radical (unpaired) electrons. The molecule has 3 heteroatoms. The van der Waals surface area contributed by atoms with Crippen LogP contribution < -0.4 is 0 Å². The number of aryl methyl sites for hydroxylation is 2. The van der Waals surface area contributed by atoms with Crippen molar-refractivity contribution in [2.24, 2.45) is 0 Å². The number of benzene rings is 5. The molecular weight excluding hydrogens is 484 g/mol. The van der Waals surface area contributed by atoms with E-state index < -0.39 is 0 Å². The van der Waals surface area contributed by atoms with Crippen LogP contribution in [0.3, 0.4) is 0 Å². The van der Waals surface area contributed by atoms with Gasteiger partial charge in [0, 0.05) is 16.8 Å². The van der Waals surface area contributed by atoms with Crippen molar-refractivity contribution in [1.29, 1.82) is 0 Å². The summed E-state index contributed by atoms with van der Waals surface area (Å²) >= 11 is 0. The first kappa shape index (κ1) is 24.6. The van der Waals surface area contributed by atoms with E-state index in [9.17, 15) is 8.78 Å². The highest BCUT2D eigenvalue weighted by atomic mass is 19.1. The number of rotatable bonds is 5. The van der Waals surface area contributed by atoms with Crippen molar-refractivity contribution in [3.8, 4) is 50.5 Å². The van der Waals surface area contributed by atoms with Crippen LogP contribution in [0, 0.1) is 25.5 Å². The highest BCUT2D eigenvalue weighted by Crippen LogP contribution is 2.49. The van der Waals surface area contributed by atoms with Crippen LogP contribution in [0.2, 0.25) is 0 Å². The largest absolute Gasteiger partial charge is 0.308 e. The van der Waals surface area contributed by atoms with Gasteiger partial charge in [0.05, 0.1) is 11.4 Å². The van der Waals surface area contributed by atoms with Gasteiger partial charge in [-0.2, -0.15) is 0 Å². The molecule has 190 valence electrons. The smallest absolute Gasteiger partial charge is 0.123 e. The Bertz CT molecular complexity index is 1620. The molecule has 1 nitrogen and oxygen atoms in total. The van der Waals surface area contributed by atoms with Crippen LogP contribution in [-0.2, 0) is 0 Å². The number of halogens is 2.